The lowest BCUT2D eigenvalue weighted by molar-refractivity contribution is -0.121. The first-order chi connectivity index (χ1) is 11.4. The largest absolute Gasteiger partial charge is 0.272 e. The number of aromatic nitrogens is 1. The third-order valence-corrected chi connectivity index (χ3v) is 4.79. The smallest absolute Gasteiger partial charge is 0.255 e. The molecular formula is C15H15FN4O3S. The van der Waals surface area contributed by atoms with Crippen LogP contribution in [0.1, 0.15) is 5.56 Å². The highest BCUT2D eigenvalue weighted by Crippen LogP contribution is 2.14. The molecule has 0 aliphatic carbocycles. The van der Waals surface area contributed by atoms with E-state index >= 15 is 0 Å². The Bertz CT molecular complexity index is 824. The highest BCUT2D eigenvalue weighted by atomic mass is 32.2. The number of hydrazone groups is 1. The van der Waals surface area contributed by atoms with Crippen molar-refractivity contribution in [2.45, 2.75) is 4.90 Å². The molecule has 0 unspecified atom stereocenters. The first kappa shape index (κ1) is 17.7. The lowest BCUT2D eigenvalue weighted by Gasteiger charge is -2.15. The molecule has 126 valence electrons. The van der Waals surface area contributed by atoms with Gasteiger partial charge in [0, 0.05) is 25.0 Å². The van der Waals surface area contributed by atoms with Crippen LogP contribution < -0.4 is 5.43 Å². The van der Waals surface area contributed by atoms with E-state index in [0.717, 1.165) is 28.6 Å². The second-order valence-electron chi connectivity index (χ2n) is 4.79. The fraction of sp³-hybridized carbons (Fsp3) is 0.133. The zero-order chi connectivity index (χ0) is 17.6. The maximum absolute atomic E-state index is 12.9. The summed E-state index contributed by atoms with van der Waals surface area (Å²) >= 11 is 0. The standard InChI is InChI=1S/C15H15FN4O3S/c1-20(24(22,23)14-6-4-13(16)5-7-14)11-15(21)19-18-10-12-3-2-8-17-9-12/h2-10H,11H2,1H3,(H,19,21)/b18-10-. The van der Waals surface area contributed by atoms with Crippen molar-refractivity contribution in [2.24, 2.45) is 5.10 Å². The van der Waals surface area contributed by atoms with Crippen LogP contribution in [0.3, 0.4) is 0 Å². The lowest BCUT2D eigenvalue weighted by atomic mass is 10.3. The molecule has 0 bridgehead atoms. The number of pyridine rings is 1. The molecule has 1 aromatic carbocycles. The number of hydrogen-bond acceptors (Lipinski definition) is 5. The number of halogens is 1. The van der Waals surface area contributed by atoms with Gasteiger partial charge in [0.2, 0.25) is 10.0 Å². The van der Waals surface area contributed by atoms with Gasteiger partial charge in [-0.25, -0.2) is 18.2 Å². The van der Waals surface area contributed by atoms with Gasteiger partial charge in [-0.2, -0.15) is 9.41 Å². The van der Waals surface area contributed by atoms with E-state index in [0.29, 0.717) is 5.56 Å². The molecule has 1 heterocycles. The Kier molecular flexibility index (Phi) is 5.72. The molecule has 0 aliphatic heterocycles. The molecule has 1 amide bonds. The second-order valence-corrected chi connectivity index (χ2v) is 6.84. The van der Waals surface area contributed by atoms with E-state index < -0.39 is 28.3 Å². The van der Waals surface area contributed by atoms with E-state index in [4.69, 9.17) is 0 Å². The molecule has 0 fully saturated rings. The summed E-state index contributed by atoms with van der Waals surface area (Å²) in [5.74, 6) is -1.15. The molecule has 1 aromatic heterocycles. The SMILES string of the molecule is CN(CC(=O)N/N=C\c1cccnc1)S(=O)(=O)c1ccc(F)cc1. The maximum atomic E-state index is 12.9. The Morgan fingerprint density at radius 1 is 1.33 bits per heavy atom. The van der Waals surface area contributed by atoms with Crippen LogP contribution in [0.5, 0.6) is 0 Å². The van der Waals surface area contributed by atoms with E-state index in [9.17, 15) is 17.6 Å². The maximum Gasteiger partial charge on any atom is 0.255 e. The van der Waals surface area contributed by atoms with E-state index in [-0.39, 0.29) is 4.90 Å². The number of sulfonamides is 1. The summed E-state index contributed by atoms with van der Waals surface area (Å²) in [6.07, 6.45) is 4.55. The molecular weight excluding hydrogens is 335 g/mol. The molecule has 2 aromatic rings. The fourth-order valence-electron chi connectivity index (χ4n) is 1.74. The Labute approximate surface area is 138 Å². The van der Waals surface area contributed by atoms with E-state index in [1.54, 1.807) is 24.5 Å². The van der Waals surface area contributed by atoms with Crippen LogP contribution in [-0.2, 0) is 14.8 Å². The fourth-order valence-corrected chi connectivity index (χ4v) is 2.87. The molecule has 0 spiro atoms. The number of carbonyl (C=O) groups excluding carboxylic acids is 1. The monoisotopic (exact) mass is 350 g/mol. The Morgan fingerprint density at radius 3 is 2.67 bits per heavy atom. The molecule has 7 nitrogen and oxygen atoms in total. The highest BCUT2D eigenvalue weighted by molar-refractivity contribution is 7.89. The highest BCUT2D eigenvalue weighted by Gasteiger charge is 2.22. The zero-order valence-electron chi connectivity index (χ0n) is 12.8. The van der Waals surface area contributed by atoms with Crippen molar-refractivity contribution in [2.75, 3.05) is 13.6 Å². The third-order valence-electron chi connectivity index (χ3n) is 2.98. The minimum absolute atomic E-state index is 0.0990. The third kappa shape index (κ3) is 4.67. The number of carbonyl (C=O) groups is 1. The van der Waals surface area contributed by atoms with Gasteiger partial charge < -0.3 is 0 Å². The van der Waals surface area contributed by atoms with Crippen LogP contribution in [0.2, 0.25) is 0 Å². The quantitative estimate of drug-likeness (QED) is 0.621. The average molecular weight is 350 g/mol. The molecule has 0 saturated heterocycles. The number of nitrogens with one attached hydrogen (secondary N) is 1. The van der Waals surface area contributed by atoms with Gasteiger partial charge in [-0.15, -0.1) is 0 Å². The summed E-state index contributed by atoms with van der Waals surface area (Å²) in [7, 11) is -2.63. The lowest BCUT2D eigenvalue weighted by Crippen LogP contribution is -2.36. The predicted molar refractivity (Wildman–Crippen MR) is 86.2 cm³/mol. The average Bonchev–Trinajstić information content (AvgIpc) is 2.56. The van der Waals surface area contributed by atoms with Crippen LogP contribution in [0.4, 0.5) is 4.39 Å². The van der Waals surface area contributed by atoms with E-state index in [2.05, 4.69) is 15.5 Å². The van der Waals surface area contributed by atoms with E-state index in [1.807, 2.05) is 0 Å². The number of benzene rings is 1. The molecule has 0 atom stereocenters. The summed E-state index contributed by atoms with van der Waals surface area (Å²) in [4.78, 5) is 15.6. The molecule has 0 saturated carbocycles. The molecule has 0 radical (unpaired) electrons. The van der Waals surface area contributed by atoms with Crippen molar-refractivity contribution < 1.29 is 17.6 Å². The topological polar surface area (TPSA) is 91.7 Å². The predicted octanol–water partition coefficient (Wildman–Crippen LogP) is 0.991. The van der Waals surface area contributed by atoms with Crippen molar-refractivity contribution >= 4 is 22.1 Å². The Morgan fingerprint density at radius 2 is 2.04 bits per heavy atom. The molecule has 9 heteroatoms. The minimum atomic E-state index is -3.88. The van der Waals surface area contributed by atoms with Crippen LogP contribution in [-0.4, -0.2) is 43.4 Å². The van der Waals surface area contributed by atoms with Gasteiger partial charge in [0.25, 0.3) is 5.91 Å². The van der Waals surface area contributed by atoms with Gasteiger partial charge in [0.05, 0.1) is 17.7 Å². The van der Waals surface area contributed by atoms with Gasteiger partial charge in [0.1, 0.15) is 5.82 Å². The van der Waals surface area contributed by atoms with Gasteiger partial charge in [-0.3, -0.25) is 9.78 Å². The van der Waals surface area contributed by atoms with Crippen molar-refractivity contribution in [3.63, 3.8) is 0 Å². The first-order valence-electron chi connectivity index (χ1n) is 6.83. The Balaban J connectivity index is 1.95. The van der Waals surface area contributed by atoms with Crippen LogP contribution in [0.25, 0.3) is 0 Å². The number of likely N-dealkylation sites (N-methyl/N-ethyl adjacent to an activating group) is 1. The van der Waals surface area contributed by atoms with Gasteiger partial charge in [-0.1, -0.05) is 6.07 Å². The molecule has 1 N–H and O–H groups in total. The second kappa shape index (κ2) is 7.75. The normalized spacial score (nSPS) is 11.8. The zero-order valence-corrected chi connectivity index (χ0v) is 13.6. The van der Waals surface area contributed by atoms with Crippen molar-refractivity contribution in [3.05, 3.63) is 60.2 Å². The van der Waals surface area contributed by atoms with Crippen LogP contribution in [0, 0.1) is 5.82 Å². The van der Waals surface area contributed by atoms with Gasteiger partial charge in [0.15, 0.2) is 0 Å². The van der Waals surface area contributed by atoms with E-state index in [1.165, 1.54) is 13.3 Å². The summed E-state index contributed by atoms with van der Waals surface area (Å²) in [6, 6.07) is 7.82. The summed E-state index contributed by atoms with van der Waals surface area (Å²) in [6.45, 7) is -0.426. The van der Waals surface area contributed by atoms with Gasteiger partial charge in [-0.05, 0) is 30.3 Å². The molecule has 24 heavy (non-hydrogen) atoms. The summed E-state index contributed by atoms with van der Waals surface area (Å²) in [5, 5.41) is 3.73. The summed E-state index contributed by atoms with van der Waals surface area (Å²) < 4.78 is 38.2. The Hall–Kier alpha value is -2.65. The summed E-state index contributed by atoms with van der Waals surface area (Å²) in [5.41, 5.74) is 2.92. The van der Waals surface area contributed by atoms with Crippen LogP contribution >= 0.6 is 0 Å². The van der Waals surface area contributed by atoms with Crippen molar-refractivity contribution in [1.29, 1.82) is 0 Å². The van der Waals surface area contributed by atoms with Crippen molar-refractivity contribution in [3.8, 4) is 0 Å². The number of hydrogen-bond donors (Lipinski definition) is 1. The number of amides is 1. The number of rotatable bonds is 6. The minimum Gasteiger partial charge on any atom is -0.272 e. The molecule has 0 aliphatic rings. The number of nitrogens with zero attached hydrogens (tertiary/aromatic N) is 3. The van der Waals surface area contributed by atoms with Gasteiger partial charge >= 0.3 is 0 Å². The van der Waals surface area contributed by atoms with Crippen LogP contribution in [0.15, 0.2) is 58.8 Å². The van der Waals surface area contributed by atoms with Crippen molar-refractivity contribution in [1.82, 2.24) is 14.7 Å². The molecule has 2 rings (SSSR count). The first-order valence-corrected chi connectivity index (χ1v) is 8.27.